The van der Waals surface area contributed by atoms with Gasteiger partial charge in [0.05, 0.1) is 11.4 Å². The average molecular weight is 338 g/mol. The monoisotopic (exact) mass is 338 g/mol. The first kappa shape index (κ1) is 15.0. The van der Waals surface area contributed by atoms with Crippen molar-refractivity contribution >= 4 is 21.9 Å². The summed E-state index contributed by atoms with van der Waals surface area (Å²) in [5.41, 5.74) is 7.36. The van der Waals surface area contributed by atoms with Crippen molar-refractivity contribution in [1.29, 1.82) is 0 Å². The summed E-state index contributed by atoms with van der Waals surface area (Å²) in [7, 11) is 0. The van der Waals surface area contributed by atoms with Crippen LogP contribution in [-0.4, -0.2) is 9.78 Å². The summed E-state index contributed by atoms with van der Waals surface area (Å²) in [6.45, 7) is 4.09. The number of hydrogen-bond acceptors (Lipinski definition) is 2. The number of hydrogen-bond donors (Lipinski definition) is 0. The Morgan fingerprint density at radius 2 is 1.54 bits per heavy atom. The zero-order valence-electron chi connectivity index (χ0n) is 14.7. The third-order valence-electron chi connectivity index (χ3n) is 4.81. The maximum Gasteiger partial charge on any atom is 0.136 e. The second-order valence-corrected chi connectivity index (χ2v) is 6.70. The van der Waals surface area contributed by atoms with E-state index in [-0.39, 0.29) is 0 Å². The van der Waals surface area contributed by atoms with Crippen molar-refractivity contribution in [2.24, 2.45) is 0 Å². The minimum Gasteiger partial charge on any atom is -0.456 e. The molecule has 0 fully saturated rings. The Kier molecular flexibility index (Phi) is 3.22. The first-order valence-electron chi connectivity index (χ1n) is 8.74. The molecule has 0 saturated carbocycles. The number of aryl methyl sites for hydroxylation is 2. The molecule has 0 spiro atoms. The molecule has 0 amide bonds. The lowest BCUT2D eigenvalue weighted by Crippen LogP contribution is -1.98. The van der Waals surface area contributed by atoms with E-state index >= 15 is 0 Å². The summed E-state index contributed by atoms with van der Waals surface area (Å²) in [4.78, 5) is 0. The van der Waals surface area contributed by atoms with E-state index in [1.54, 1.807) is 0 Å². The Morgan fingerprint density at radius 1 is 0.731 bits per heavy atom. The van der Waals surface area contributed by atoms with E-state index in [0.29, 0.717) is 0 Å². The SMILES string of the molecule is Cc1cc(C)n(-c2cccc(-c3ccc4c(c3)oc3ccccc34)c2)n1. The number of fused-ring (bicyclic) bond motifs is 3. The first-order chi connectivity index (χ1) is 12.7. The van der Waals surface area contributed by atoms with Crippen molar-refractivity contribution in [3.8, 4) is 16.8 Å². The van der Waals surface area contributed by atoms with Crippen LogP contribution >= 0.6 is 0 Å². The highest BCUT2D eigenvalue weighted by molar-refractivity contribution is 6.05. The van der Waals surface area contributed by atoms with Gasteiger partial charge in [-0.05, 0) is 61.4 Å². The molecular weight excluding hydrogens is 320 g/mol. The Labute approximate surface area is 151 Å². The Hall–Kier alpha value is -3.33. The van der Waals surface area contributed by atoms with Crippen molar-refractivity contribution < 1.29 is 4.42 Å². The fourth-order valence-corrected chi connectivity index (χ4v) is 3.61. The van der Waals surface area contributed by atoms with Crippen molar-refractivity contribution in [2.45, 2.75) is 13.8 Å². The van der Waals surface area contributed by atoms with E-state index in [0.717, 1.165) is 50.1 Å². The van der Waals surface area contributed by atoms with Gasteiger partial charge in [0.1, 0.15) is 11.2 Å². The minimum atomic E-state index is 0.917. The van der Waals surface area contributed by atoms with Gasteiger partial charge in [-0.25, -0.2) is 4.68 Å². The number of benzene rings is 3. The van der Waals surface area contributed by atoms with Gasteiger partial charge in [-0.15, -0.1) is 0 Å². The van der Waals surface area contributed by atoms with Crippen LogP contribution in [0.4, 0.5) is 0 Å². The van der Waals surface area contributed by atoms with Gasteiger partial charge in [0.25, 0.3) is 0 Å². The van der Waals surface area contributed by atoms with Gasteiger partial charge in [-0.2, -0.15) is 5.10 Å². The molecule has 3 aromatic carbocycles. The molecule has 0 radical (unpaired) electrons. The molecule has 2 aromatic heterocycles. The van der Waals surface area contributed by atoms with Crippen LogP contribution < -0.4 is 0 Å². The summed E-state index contributed by atoms with van der Waals surface area (Å²) in [6.07, 6.45) is 0. The lowest BCUT2D eigenvalue weighted by molar-refractivity contribution is 0.669. The Bertz CT molecular complexity index is 1260. The third-order valence-corrected chi connectivity index (χ3v) is 4.81. The summed E-state index contributed by atoms with van der Waals surface area (Å²) in [6, 6.07) is 25.1. The van der Waals surface area contributed by atoms with E-state index in [1.165, 1.54) is 0 Å². The van der Waals surface area contributed by atoms with E-state index in [2.05, 4.69) is 66.6 Å². The normalized spacial score (nSPS) is 11.5. The summed E-state index contributed by atoms with van der Waals surface area (Å²) < 4.78 is 8.02. The van der Waals surface area contributed by atoms with Gasteiger partial charge in [0, 0.05) is 16.5 Å². The second-order valence-electron chi connectivity index (χ2n) is 6.70. The van der Waals surface area contributed by atoms with Gasteiger partial charge < -0.3 is 4.42 Å². The number of rotatable bonds is 2. The largest absolute Gasteiger partial charge is 0.456 e. The van der Waals surface area contributed by atoms with Crippen molar-refractivity contribution in [2.75, 3.05) is 0 Å². The van der Waals surface area contributed by atoms with E-state index in [9.17, 15) is 0 Å². The van der Waals surface area contributed by atoms with E-state index in [1.807, 2.05) is 29.8 Å². The van der Waals surface area contributed by atoms with Crippen molar-refractivity contribution in [3.05, 3.63) is 84.2 Å². The Balaban J connectivity index is 1.64. The molecular formula is C23H18N2O. The fraction of sp³-hybridized carbons (Fsp3) is 0.0870. The molecule has 0 aliphatic heterocycles. The molecule has 3 heteroatoms. The maximum absolute atomic E-state index is 6.03. The number of nitrogens with zero attached hydrogens (tertiary/aromatic N) is 2. The molecule has 0 N–H and O–H groups in total. The zero-order valence-corrected chi connectivity index (χ0v) is 14.7. The van der Waals surface area contributed by atoms with Crippen molar-refractivity contribution in [3.63, 3.8) is 0 Å². The average Bonchev–Trinajstić information content (AvgIpc) is 3.20. The third kappa shape index (κ3) is 2.32. The second kappa shape index (κ2) is 5.60. The molecule has 0 bridgehead atoms. The minimum absolute atomic E-state index is 0.917. The molecule has 2 heterocycles. The van der Waals surface area contributed by atoms with Crippen LogP contribution in [0, 0.1) is 13.8 Å². The lowest BCUT2D eigenvalue weighted by Gasteiger charge is -2.08. The predicted molar refractivity (Wildman–Crippen MR) is 106 cm³/mol. The Morgan fingerprint density at radius 3 is 2.38 bits per heavy atom. The van der Waals surface area contributed by atoms with Crippen LogP contribution in [0.3, 0.4) is 0 Å². The van der Waals surface area contributed by atoms with Gasteiger partial charge in [0.2, 0.25) is 0 Å². The zero-order chi connectivity index (χ0) is 17.7. The standard InChI is InChI=1S/C23H18N2O/c1-15-12-16(2)25(24-15)19-7-5-6-17(13-19)18-10-11-21-20-8-3-4-9-22(20)26-23(21)14-18/h3-14H,1-2H3. The van der Waals surface area contributed by atoms with Gasteiger partial charge >= 0.3 is 0 Å². The van der Waals surface area contributed by atoms with Crippen LogP contribution in [0.5, 0.6) is 0 Å². The summed E-state index contributed by atoms with van der Waals surface area (Å²) in [5.74, 6) is 0. The van der Waals surface area contributed by atoms with Gasteiger partial charge in [-0.1, -0.05) is 36.4 Å². The van der Waals surface area contributed by atoms with E-state index < -0.39 is 0 Å². The maximum atomic E-state index is 6.03. The van der Waals surface area contributed by atoms with Crippen LogP contribution in [0.15, 0.2) is 77.2 Å². The quantitative estimate of drug-likeness (QED) is 0.392. The first-order valence-corrected chi connectivity index (χ1v) is 8.74. The van der Waals surface area contributed by atoms with Crippen LogP contribution in [0.1, 0.15) is 11.4 Å². The molecule has 0 saturated heterocycles. The van der Waals surface area contributed by atoms with Gasteiger partial charge in [0.15, 0.2) is 0 Å². The lowest BCUT2D eigenvalue weighted by atomic mass is 10.0. The fourth-order valence-electron chi connectivity index (χ4n) is 3.61. The van der Waals surface area contributed by atoms with Crippen LogP contribution in [0.2, 0.25) is 0 Å². The predicted octanol–water partition coefficient (Wildman–Crippen LogP) is 6.06. The highest BCUT2D eigenvalue weighted by Crippen LogP contribution is 2.32. The van der Waals surface area contributed by atoms with E-state index in [4.69, 9.17) is 4.42 Å². The number of furan rings is 1. The molecule has 26 heavy (non-hydrogen) atoms. The number of para-hydroxylation sites is 1. The van der Waals surface area contributed by atoms with Crippen LogP contribution in [-0.2, 0) is 0 Å². The highest BCUT2D eigenvalue weighted by atomic mass is 16.3. The molecule has 5 rings (SSSR count). The topological polar surface area (TPSA) is 31.0 Å². The molecule has 126 valence electrons. The van der Waals surface area contributed by atoms with Crippen LogP contribution in [0.25, 0.3) is 38.8 Å². The highest BCUT2D eigenvalue weighted by Gasteiger charge is 2.09. The summed E-state index contributed by atoms with van der Waals surface area (Å²) >= 11 is 0. The summed E-state index contributed by atoms with van der Waals surface area (Å²) in [5, 5.41) is 6.90. The molecule has 0 aliphatic rings. The smallest absolute Gasteiger partial charge is 0.136 e. The van der Waals surface area contributed by atoms with Gasteiger partial charge in [-0.3, -0.25) is 0 Å². The molecule has 3 nitrogen and oxygen atoms in total. The molecule has 0 aliphatic carbocycles. The molecule has 5 aromatic rings. The molecule has 0 atom stereocenters. The van der Waals surface area contributed by atoms with Crippen molar-refractivity contribution in [1.82, 2.24) is 9.78 Å². The number of aromatic nitrogens is 2. The molecule has 0 unspecified atom stereocenters.